The molecule has 22 heavy (non-hydrogen) atoms. The lowest BCUT2D eigenvalue weighted by Crippen LogP contribution is -2.00. The summed E-state index contributed by atoms with van der Waals surface area (Å²) in [4.78, 5) is 4.33. The lowest BCUT2D eigenvalue weighted by molar-refractivity contribution is 0.789. The highest BCUT2D eigenvalue weighted by Crippen LogP contribution is 2.33. The van der Waals surface area contributed by atoms with Crippen molar-refractivity contribution < 1.29 is 0 Å². The van der Waals surface area contributed by atoms with Crippen LogP contribution in [-0.4, -0.2) is 9.55 Å². The van der Waals surface area contributed by atoms with Crippen LogP contribution in [-0.2, 0) is 13.0 Å². The Hall–Kier alpha value is -2.61. The Kier molecular flexibility index (Phi) is 3.36. The molecule has 4 rings (SSSR count). The van der Waals surface area contributed by atoms with Gasteiger partial charge in [-0.05, 0) is 41.2 Å². The maximum absolute atomic E-state index is 4.33. The molecule has 3 aromatic rings. The Balaban J connectivity index is 1.65. The number of fused-ring (bicyclic) bond motifs is 1. The molecule has 0 radical (unpaired) electrons. The van der Waals surface area contributed by atoms with E-state index in [1.165, 1.54) is 28.0 Å². The zero-order valence-electron chi connectivity index (χ0n) is 12.4. The van der Waals surface area contributed by atoms with E-state index in [0.29, 0.717) is 0 Å². The second-order valence-corrected chi connectivity index (χ2v) is 5.76. The maximum Gasteiger partial charge on any atom is 0.0953 e. The SMILES string of the molecule is C(=C1CCc2ccccc21)c1cncn1Cc1ccccc1. The highest BCUT2D eigenvalue weighted by Gasteiger charge is 2.15. The predicted octanol–water partition coefficient (Wildman–Crippen LogP) is 4.42. The van der Waals surface area contributed by atoms with Gasteiger partial charge in [0, 0.05) is 6.54 Å². The first-order chi connectivity index (χ1) is 10.9. The highest BCUT2D eigenvalue weighted by molar-refractivity contribution is 5.84. The van der Waals surface area contributed by atoms with E-state index in [9.17, 15) is 0 Å². The van der Waals surface area contributed by atoms with Gasteiger partial charge in [0.25, 0.3) is 0 Å². The lowest BCUT2D eigenvalue weighted by Gasteiger charge is -2.07. The van der Waals surface area contributed by atoms with Gasteiger partial charge in [0.2, 0.25) is 0 Å². The third-order valence-corrected chi connectivity index (χ3v) is 4.29. The average Bonchev–Trinajstić information content (AvgIpc) is 3.17. The third-order valence-electron chi connectivity index (χ3n) is 4.29. The van der Waals surface area contributed by atoms with Gasteiger partial charge >= 0.3 is 0 Å². The lowest BCUT2D eigenvalue weighted by atomic mass is 10.1. The molecular weight excluding hydrogens is 268 g/mol. The van der Waals surface area contributed by atoms with Crippen molar-refractivity contribution in [3.8, 4) is 0 Å². The van der Waals surface area contributed by atoms with Gasteiger partial charge in [0.05, 0.1) is 18.2 Å². The van der Waals surface area contributed by atoms with Crippen LogP contribution in [0.1, 0.15) is 28.8 Å². The molecule has 1 aliphatic carbocycles. The molecule has 0 bridgehead atoms. The molecule has 0 saturated carbocycles. The molecule has 2 aromatic carbocycles. The first-order valence-electron chi connectivity index (χ1n) is 7.73. The number of hydrogen-bond donors (Lipinski definition) is 0. The van der Waals surface area contributed by atoms with E-state index in [-0.39, 0.29) is 0 Å². The van der Waals surface area contributed by atoms with Crippen LogP contribution < -0.4 is 0 Å². The first-order valence-corrected chi connectivity index (χ1v) is 7.73. The summed E-state index contributed by atoms with van der Waals surface area (Å²) in [5.74, 6) is 0. The van der Waals surface area contributed by atoms with Crippen molar-refractivity contribution in [2.45, 2.75) is 19.4 Å². The Morgan fingerprint density at radius 1 is 0.955 bits per heavy atom. The zero-order chi connectivity index (χ0) is 14.8. The molecule has 1 aromatic heterocycles. The number of benzene rings is 2. The fourth-order valence-electron chi connectivity index (χ4n) is 3.15. The number of hydrogen-bond acceptors (Lipinski definition) is 1. The van der Waals surface area contributed by atoms with Crippen molar-refractivity contribution in [3.05, 3.63) is 89.5 Å². The van der Waals surface area contributed by atoms with Crippen molar-refractivity contribution >= 4 is 11.6 Å². The number of aryl methyl sites for hydroxylation is 1. The summed E-state index contributed by atoms with van der Waals surface area (Å²) in [6.07, 6.45) is 8.43. The van der Waals surface area contributed by atoms with E-state index in [1.54, 1.807) is 0 Å². The molecule has 0 saturated heterocycles. The minimum absolute atomic E-state index is 0.863. The molecule has 108 valence electrons. The molecule has 0 N–H and O–H groups in total. The maximum atomic E-state index is 4.33. The Bertz CT molecular complexity index is 812. The standard InChI is InChI=1S/C20H18N2/c1-2-6-16(7-3-1)14-22-15-21-13-19(22)12-18-11-10-17-8-4-5-9-20(17)18/h1-9,12-13,15H,10-11,14H2. The van der Waals surface area contributed by atoms with Crippen molar-refractivity contribution in [1.82, 2.24) is 9.55 Å². The van der Waals surface area contributed by atoms with Gasteiger partial charge < -0.3 is 4.57 Å². The van der Waals surface area contributed by atoms with Gasteiger partial charge in [-0.15, -0.1) is 0 Å². The third kappa shape index (κ3) is 2.48. The first kappa shape index (κ1) is 13.1. The number of nitrogens with zero attached hydrogens (tertiary/aromatic N) is 2. The summed E-state index contributed by atoms with van der Waals surface area (Å²) >= 11 is 0. The fourth-order valence-corrected chi connectivity index (χ4v) is 3.15. The van der Waals surface area contributed by atoms with Crippen molar-refractivity contribution in [2.75, 3.05) is 0 Å². The van der Waals surface area contributed by atoms with E-state index in [1.807, 2.05) is 12.5 Å². The van der Waals surface area contributed by atoms with Crippen molar-refractivity contribution in [1.29, 1.82) is 0 Å². The normalized spacial score (nSPS) is 15.2. The minimum Gasteiger partial charge on any atom is -0.327 e. The second kappa shape index (κ2) is 5.64. The average molecular weight is 286 g/mol. The Morgan fingerprint density at radius 2 is 1.77 bits per heavy atom. The molecule has 0 amide bonds. The summed E-state index contributed by atoms with van der Waals surface area (Å²) in [5, 5.41) is 0. The van der Waals surface area contributed by atoms with Crippen LogP contribution in [0.2, 0.25) is 0 Å². The van der Waals surface area contributed by atoms with Gasteiger partial charge in [0.15, 0.2) is 0 Å². The summed E-state index contributed by atoms with van der Waals surface area (Å²) in [7, 11) is 0. The molecule has 1 aliphatic rings. The number of rotatable bonds is 3. The van der Waals surface area contributed by atoms with Crippen LogP contribution in [0.15, 0.2) is 67.1 Å². The quantitative estimate of drug-likeness (QED) is 0.697. The van der Waals surface area contributed by atoms with Crippen LogP contribution in [0.4, 0.5) is 0 Å². The molecule has 0 fully saturated rings. The summed E-state index contributed by atoms with van der Waals surface area (Å²) < 4.78 is 2.21. The summed E-state index contributed by atoms with van der Waals surface area (Å²) in [6.45, 7) is 0.863. The van der Waals surface area contributed by atoms with Gasteiger partial charge in [-0.1, -0.05) is 54.6 Å². The summed E-state index contributed by atoms with van der Waals surface area (Å²) in [6, 6.07) is 19.2. The molecule has 2 nitrogen and oxygen atoms in total. The molecular formula is C20H18N2. The number of allylic oxidation sites excluding steroid dienone is 1. The van der Waals surface area contributed by atoms with Crippen molar-refractivity contribution in [3.63, 3.8) is 0 Å². The number of aromatic nitrogens is 2. The highest BCUT2D eigenvalue weighted by atomic mass is 15.0. The van der Waals surface area contributed by atoms with Crippen LogP contribution in [0, 0.1) is 0 Å². The summed E-state index contributed by atoms with van der Waals surface area (Å²) in [5.41, 5.74) is 6.76. The van der Waals surface area contributed by atoms with Crippen LogP contribution >= 0.6 is 0 Å². The molecule has 0 aliphatic heterocycles. The van der Waals surface area contributed by atoms with E-state index < -0.39 is 0 Å². The topological polar surface area (TPSA) is 17.8 Å². The largest absolute Gasteiger partial charge is 0.327 e. The molecule has 1 heterocycles. The smallest absolute Gasteiger partial charge is 0.0953 e. The zero-order valence-corrected chi connectivity index (χ0v) is 12.4. The monoisotopic (exact) mass is 286 g/mol. The Morgan fingerprint density at radius 3 is 2.68 bits per heavy atom. The van der Waals surface area contributed by atoms with E-state index in [4.69, 9.17) is 0 Å². The molecule has 0 spiro atoms. The van der Waals surface area contributed by atoms with E-state index in [0.717, 1.165) is 19.4 Å². The second-order valence-electron chi connectivity index (χ2n) is 5.76. The van der Waals surface area contributed by atoms with Gasteiger partial charge in [0.1, 0.15) is 0 Å². The van der Waals surface area contributed by atoms with Crippen molar-refractivity contribution in [2.24, 2.45) is 0 Å². The minimum atomic E-state index is 0.863. The van der Waals surface area contributed by atoms with E-state index >= 15 is 0 Å². The molecule has 0 unspecified atom stereocenters. The van der Waals surface area contributed by atoms with Gasteiger partial charge in [-0.25, -0.2) is 4.98 Å². The van der Waals surface area contributed by atoms with Crippen LogP contribution in [0.25, 0.3) is 11.6 Å². The predicted molar refractivity (Wildman–Crippen MR) is 90.4 cm³/mol. The van der Waals surface area contributed by atoms with Gasteiger partial charge in [-0.3, -0.25) is 0 Å². The Labute approximate surface area is 130 Å². The number of imidazole rings is 1. The van der Waals surface area contributed by atoms with Gasteiger partial charge in [-0.2, -0.15) is 0 Å². The molecule has 0 atom stereocenters. The fraction of sp³-hybridized carbons (Fsp3) is 0.150. The van der Waals surface area contributed by atoms with Crippen LogP contribution in [0.5, 0.6) is 0 Å². The van der Waals surface area contributed by atoms with Crippen LogP contribution in [0.3, 0.4) is 0 Å². The molecule has 2 heteroatoms. The van der Waals surface area contributed by atoms with E-state index in [2.05, 4.69) is 70.2 Å².